The number of aromatic nitrogens is 1. The molecule has 1 heterocycles. The van der Waals surface area contributed by atoms with Crippen molar-refractivity contribution in [3.8, 4) is 0 Å². The van der Waals surface area contributed by atoms with Crippen molar-refractivity contribution in [2.45, 2.75) is 23.4 Å². The Morgan fingerprint density at radius 2 is 2.20 bits per heavy atom. The molecular weight excluding hydrogens is 335 g/mol. The molecule has 0 aliphatic rings. The second kappa shape index (κ2) is 6.80. The number of carbonyl (C=O) groups excluding carboxylic acids is 1. The van der Waals surface area contributed by atoms with Crippen molar-refractivity contribution in [1.82, 2.24) is 4.98 Å². The molecule has 106 valence electrons. The Bertz CT molecular complexity index is 631. The zero-order valence-corrected chi connectivity index (χ0v) is 14.0. The average molecular weight is 347 g/mol. The highest BCUT2D eigenvalue weighted by Crippen LogP contribution is 2.29. The molecule has 0 aliphatic carbocycles. The molecule has 1 amide bonds. The maximum Gasteiger partial charge on any atom is 0.237 e. The van der Waals surface area contributed by atoms with Gasteiger partial charge in [0, 0.05) is 16.1 Å². The van der Waals surface area contributed by atoms with Gasteiger partial charge in [0.05, 0.1) is 16.0 Å². The standard InChI is InChI=1S/C13H12Cl2N2OS2/c1-7-6-19-13(16-7)20-8(2)12(18)17-11-4-3-9(14)5-10(11)15/h3-6,8H,1-2H3,(H,17,18). The number of anilines is 1. The normalized spacial score (nSPS) is 12.2. The molecule has 7 heteroatoms. The van der Waals surface area contributed by atoms with Crippen molar-refractivity contribution >= 4 is 57.9 Å². The summed E-state index contributed by atoms with van der Waals surface area (Å²) in [6.45, 7) is 3.76. The lowest BCUT2D eigenvalue weighted by Crippen LogP contribution is -2.22. The number of rotatable bonds is 4. The Morgan fingerprint density at radius 1 is 1.45 bits per heavy atom. The summed E-state index contributed by atoms with van der Waals surface area (Å²) in [7, 11) is 0. The van der Waals surface area contributed by atoms with E-state index in [9.17, 15) is 4.79 Å². The first-order valence-corrected chi connectivity index (χ1v) is 8.32. The van der Waals surface area contributed by atoms with E-state index in [1.807, 2.05) is 19.2 Å². The van der Waals surface area contributed by atoms with Gasteiger partial charge in [-0.05, 0) is 32.0 Å². The summed E-state index contributed by atoms with van der Waals surface area (Å²) < 4.78 is 0.882. The largest absolute Gasteiger partial charge is 0.324 e. The van der Waals surface area contributed by atoms with Gasteiger partial charge < -0.3 is 5.32 Å². The Labute approximate surface area is 135 Å². The first-order chi connectivity index (χ1) is 9.45. The molecule has 1 unspecified atom stereocenters. The average Bonchev–Trinajstić information content (AvgIpc) is 2.78. The third-order valence-electron chi connectivity index (χ3n) is 2.43. The molecule has 1 aromatic carbocycles. The van der Waals surface area contributed by atoms with E-state index in [1.54, 1.807) is 18.2 Å². The molecule has 0 fully saturated rings. The van der Waals surface area contributed by atoms with Gasteiger partial charge in [0.2, 0.25) is 5.91 Å². The molecule has 0 spiro atoms. The number of nitrogens with zero attached hydrogens (tertiary/aromatic N) is 1. The van der Waals surface area contributed by atoms with Gasteiger partial charge in [-0.3, -0.25) is 4.79 Å². The van der Waals surface area contributed by atoms with Gasteiger partial charge in [0.25, 0.3) is 0 Å². The summed E-state index contributed by atoms with van der Waals surface area (Å²) in [6.07, 6.45) is 0. The van der Waals surface area contributed by atoms with Crippen LogP contribution in [0.25, 0.3) is 0 Å². The zero-order chi connectivity index (χ0) is 14.7. The minimum atomic E-state index is -0.257. The van der Waals surface area contributed by atoms with Crippen molar-refractivity contribution in [1.29, 1.82) is 0 Å². The van der Waals surface area contributed by atoms with Crippen LogP contribution in [0.15, 0.2) is 27.9 Å². The Hall–Kier alpha value is -0.750. The lowest BCUT2D eigenvalue weighted by Gasteiger charge is -2.11. The molecule has 0 bridgehead atoms. The maximum absolute atomic E-state index is 12.1. The fourth-order valence-corrected chi connectivity index (χ4v) is 3.86. The van der Waals surface area contributed by atoms with Crippen LogP contribution in [-0.4, -0.2) is 16.1 Å². The highest BCUT2D eigenvalue weighted by atomic mass is 35.5. The first-order valence-electron chi connectivity index (χ1n) is 5.80. The van der Waals surface area contributed by atoms with Crippen LogP contribution in [0.2, 0.25) is 10.0 Å². The number of amides is 1. The first kappa shape index (κ1) is 15.6. The van der Waals surface area contributed by atoms with Crippen LogP contribution in [-0.2, 0) is 4.79 Å². The molecular formula is C13H12Cl2N2OS2. The number of halogens is 2. The molecule has 0 saturated carbocycles. The molecule has 2 rings (SSSR count). The molecule has 3 nitrogen and oxygen atoms in total. The fraction of sp³-hybridized carbons (Fsp3) is 0.231. The number of thioether (sulfide) groups is 1. The van der Waals surface area contributed by atoms with Gasteiger partial charge in [0.15, 0.2) is 4.34 Å². The summed E-state index contributed by atoms with van der Waals surface area (Å²) in [6, 6.07) is 4.97. The molecule has 20 heavy (non-hydrogen) atoms. The Kier molecular flexibility index (Phi) is 5.32. The van der Waals surface area contributed by atoms with Crippen molar-refractivity contribution < 1.29 is 4.79 Å². The number of carbonyl (C=O) groups is 1. The van der Waals surface area contributed by atoms with E-state index in [1.165, 1.54) is 23.1 Å². The summed E-state index contributed by atoms with van der Waals surface area (Å²) in [5.41, 5.74) is 1.52. The van der Waals surface area contributed by atoms with Gasteiger partial charge in [-0.2, -0.15) is 0 Å². The molecule has 0 radical (unpaired) electrons. The lowest BCUT2D eigenvalue weighted by atomic mass is 10.3. The Morgan fingerprint density at radius 3 is 2.80 bits per heavy atom. The summed E-state index contributed by atoms with van der Waals surface area (Å²) >= 11 is 14.8. The third-order valence-corrected chi connectivity index (χ3v) is 5.17. The molecule has 1 atom stereocenters. The molecule has 0 saturated heterocycles. The second-order valence-electron chi connectivity index (χ2n) is 4.13. The summed E-state index contributed by atoms with van der Waals surface area (Å²) in [4.78, 5) is 16.4. The minimum absolute atomic E-state index is 0.118. The number of thiazole rings is 1. The zero-order valence-electron chi connectivity index (χ0n) is 10.8. The van der Waals surface area contributed by atoms with Crippen LogP contribution in [0.1, 0.15) is 12.6 Å². The van der Waals surface area contributed by atoms with Gasteiger partial charge in [-0.15, -0.1) is 11.3 Å². The van der Waals surface area contributed by atoms with Crippen LogP contribution >= 0.6 is 46.3 Å². The van der Waals surface area contributed by atoms with Gasteiger partial charge in [0.1, 0.15) is 0 Å². The number of benzene rings is 1. The van der Waals surface area contributed by atoms with Gasteiger partial charge in [-0.1, -0.05) is 35.0 Å². The van der Waals surface area contributed by atoms with Gasteiger partial charge >= 0.3 is 0 Å². The minimum Gasteiger partial charge on any atom is -0.324 e. The highest BCUT2D eigenvalue weighted by Gasteiger charge is 2.17. The summed E-state index contributed by atoms with van der Waals surface area (Å²) in [5, 5.41) is 5.45. The predicted octanol–water partition coefficient (Wildman–Crippen LogP) is 4.88. The van der Waals surface area contributed by atoms with Crippen LogP contribution in [0.3, 0.4) is 0 Å². The van der Waals surface area contributed by atoms with Crippen LogP contribution in [0.4, 0.5) is 5.69 Å². The second-order valence-corrected chi connectivity index (χ2v) is 7.42. The quantitative estimate of drug-likeness (QED) is 0.802. The number of hydrogen-bond acceptors (Lipinski definition) is 4. The smallest absolute Gasteiger partial charge is 0.237 e. The molecule has 2 aromatic rings. The number of aryl methyl sites for hydroxylation is 1. The predicted molar refractivity (Wildman–Crippen MR) is 87.3 cm³/mol. The molecule has 1 aromatic heterocycles. The lowest BCUT2D eigenvalue weighted by molar-refractivity contribution is -0.115. The molecule has 1 N–H and O–H groups in total. The van der Waals surface area contributed by atoms with Crippen molar-refractivity contribution in [2.75, 3.05) is 5.32 Å². The van der Waals surface area contributed by atoms with E-state index in [0.29, 0.717) is 15.7 Å². The van der Waals surface area contributed by atoms with Crippen molar-refractivity contribution in [3.05, 3.63) is 39.3 Å². The van der Waals surface area contributed by atoms with Crippen molar-refractivity contribution in [3.63, 3.8) is 0 Å². The van der Waals surface area contributed by atoms with E-state index in [0.717, 1.165) is 10.0 Å². The van der Waals surface area contributed by atoms with E-state index in [4.69, 9.17) is 23.2 Å². The monoisotopic (exact) mass is 346 g/mol. The third kappa shape index (κ3) is 4.12. The van der Waals surface area contributed by atoms with E-state index < -0.39 is 0 Å². The van der Waals surface area contributed by atoms with E-state index in [2.05, 4.69) is 10.3 Å². The highest BCUT2D eigenvalue weighted by molar-refractivity contribution is 8.02. The van der Waals surface area contributed by atoms with Crippen LogP contribution in [0, 0.1) is 6.92 Å². The van der Waals surface area contributed by atoms with Gasteiger partial charge in [-0.25, -0.2) is 4.98 Å². The SMILES string of the molecule is Cc1csc(SC(C)C(=O)Nc2ccc(Cl)cc2Cl)n1. The van der Waals surface area contributed by atoms with E-state index >= 15 is 0 Å². The fourth-order valence-electron chi connectivity index (χ4n) is 1.42. The Balaban J connectivity index is 2.00. The van der Waals surface area contributed by atoms with Crippen LogP contribution in [0.5, 0.6) is 0 Å². The van der Waals surface area contributed by atoms with Crippen molar-refractivity contribution in [2.24, 2.45) is 0 Å². The number of nitrogens with one attached hydrogen (secondary N) is 1. The van der Waals surface area contributed by atoms with Crippen LogP contribution < -0.4 is 5.32 Å². The summed E-state index contributed by atoms with van der Waals surface area (Å²) in [5.74, 6) is -0.118. The van der Waals surface area contributed by atoms with E-state index in [-0.39, 0.29) is 11.2 Å². The number of hydrogen-bond donors (Lipinski definition) is 1. The maximum atomic E-state index is 12.1. The topological polar surface area (TPSA) is 42.0 Å². The molecule has 0 aliphatic heterocycles.